The lowest BCUT2D eigenvalue weighted by molar-refractivity contribution is 0.0995. The minimum Gasteiger partial charge on any atom is -0.366 e. The molecule has 0 bridgehead atoms. The number of anilines is 1. The minimum atomic E-state index is -0.552. The van der Waals surface area contributed by atoms with Gasteiger partial charge in [-0.25, -0.2) is 0 Å². The number of carbonyl (C=O) groups is 1. The number of nitrogens with zero attached hydrogens (tertiary/aromatic N) is 3. The molecular formula is C20H19ClN4O. The fourth-order valence-electron chi connectivity index (χ4n) is 3.40. The van der Waals surface area contributed by atoms with Gasteiger partial charge in [-0.3, -0.25) is 4.79 Å². The van der Waals surface area contributed by atoms with E-state index in [-0.39, 0.29) is 5.69 Å². The predicted molar refractivity (Wildman–Crippen MR) is 105 cm³/mol. The van der Waals surface area contributed by atoms with Crippen molar-refractivity contribution >= 4 is 34.1 Å². The second-order valence-corrected chi connectivity index (χ2v) is 6.90. The molecule has 0 radical (unpaired) electrons. The summed E-state index contributed by atoms with van der Waals surface area (Å²) in [6.45, 7) is 2.87. The Morgan fingerprint density at radius 1 is 1.23 bits per heavy atom. The van der Waals surface area contributed by atoms with E-state index in [9.17, 15) is 4.79 Å². The van der Waals surface area contributed by atoms with Crippen LogP contribution in [0, 0.1) is 0 Å². The topological polar surface area (TPSA) is 72.1 Å². The van der Waals surface area contributed by atoms with Crippen LogP contribution in [0.15, 0.2) is 42.5 Å². The Kier molecular flexibility index (Phi) is 4.24. The Morgan fingerprint density at radius 3 is 2.65 bits per heavy atom. The third-order valence-electron chi connectivity index (χ3n) is 4.77. The first-order valence-electron chi connectivity index (χ1n) is 8.72. The van der Waals surface area contributed by atoms with Gasteiger partial charge >= 0.3 is 0 Å². The number of carbonyl (C=O) groups excluding carboxylic acids is 1. The summed E-state index contributed by atoms with van der Waals surface area (Å²) in [5, 5.41) is 9.97. The molecular weight excluding hydrogens is 348 g/mol. The Hall–Kier alpha value is -2.66. The molecule has 1 aliphatic rings. The molecule has 6 heteroatoms. The highest BCUT2D eigenvalue weighted by Crippen LogP contribution is 2.38. The Bertz CT molecular complexity index is 1000. The quantitative estimate of drug-likeness (QED) is 0.739. The van der Waals surface area contributed by atoms with Crippen molar-refractivity contribution in [2.24, 2.45) is 5.73 Å². The maximum Gasteiger partial charge on any atom is 0.271 e. The molecule has 26 heavy (non-hydrogen) atoms. The summed E-state index contributed by atoms with van der Waals surface area (Å²) < 4.78 is 0. The predicted octanol–water partition coefficient (Wildman–Crippen LogP) is 4.04. The van der Waals surface area contributed by atoms with E-state index in [0.29, 0.717) is 11.1 Å². The lowest BCUT2D eigenvalue weighted by Crippen LogP contribution is -2.29. The smallest absolute Gasteiger partial charge is 0.271 e. The largest absolute Gasteiger partial charge is 0.366 e. The highest BCUT2D eigenvalue weighted by atomic mass is 35.5. The van der Waals surface area contributed by atoms with Gasteiger partial charge < -0.3 is 10.6 Å². The molecule has 3 aromatic rings. The number of rotatable bonds is 5. The normalized spacial score (nSPS) is 13.8. The highest BCUT2D eigenvalue weighted by Gasteiger charge is 2.32. The molecule has 1 fully saturated rings. The molecule has 1 saturated carbocycles. The summed E-state index contributed by atoms with van der Waals surface area (Å²) >= 11 is 6.33. The number of nitrogens with two attached hydrogens (primary N) is 1. The molecule has 2 N–H and O–H groups in total. The second-order valence-electron chi connectivity index (χ2n) is 6.49. The van der Waals surface area contributed by atoms with Crippen LogP contribution in [0.3, 0.4) is 0 Å². The van der Waals surface area contributed by atoms with Crippen LogP contribution in [0.25, 0.3) is 22.0 Å². The van der Waals surface area contributed by atoms with Crippen LogP contribution in [-0.2, 0) is 0 Å². The molecule has 0 spiro atoms. The molecule has 0 saturated heterocycles. The molecule has 1 amide bonds. The SMILES string of the molecule is CCN(c1c(C(N)=O)nnc2cc(-c3ccccc3Cl)ccc12)C1CC1. The van der Waals surface area contributed by atoms with Crippen molar-refractivity contribution in [1.29, 1.82) is 0 Å². The maximum atomic E-state index is 11.9. The number of aromatic nitrogens is 2. The monoisotopic (exact) mass is 366 g/mol. The highest BCUT2D eigenvalue weighted by molar-refractivity contribution is 6.33. The van der Waals surface area contributed by atoms with E-state index < -0.39 is 5.91 Å². The zero-order chi connectivity index (χ0) is 18.3. The van der Waals surface area contributed by atoms with E-state index in [2.05, 4.69) is 22.0 Å². The zero-order valence-electron chi connectivity index (χ0n) is 14.4. The molecule has 0 atom stereocenters. The van der Waals surface area contributed by atoms with Crippen molar-refractivity contribution in [2.75, 3.05) is 11.4 Å². The van der Waals surface area contributed by atoms with E-state index in [1.54, 1.807) is 0 Å². The van der Waals surface area contributed by atoms with Crippen LogP contribution in [0.1, 0.15) is 30.3 Å². The van der Waals surface area contributed by atoms with Gasteiger partial charge in [0.1, 0.15) is 0 Å². The third-order valence-corrected chi connectivity index (χ3v) is 5.10. The van der Waals surface area contributed by atoms with Gasteiger partial charge in [-0.15, -0.1) is 10.2 Å². The van der Waals surface area contributed by atoms with Gasteiger partial charge in [0.2, 0.25) is 0 Å². The first-order chi connectivity index (χ1) is 12.6. The Labute approximate surface area is 156 Å². The van der Waals surface area contributed by atoms with Crippen molar-refractivity contribution < 1.29 is 4.79 Å². The van der Waals surface area contributed by atoms with E-state index in [4.69, 9.17) is 17.3 Å². The summed E-state index contributed by atoms with van der Waals surface area (Å²) in [4.78, 5) is 14.2. The van der Waals surface area contributed by atoms with Crippen LogP contribution >= 0.6 is 11.6 Å². The van der Waals surface area contributed by atoms with Gasteiger partial charge in [0.05, 0.1) is 11.2 Å². The van der Waals surface area contributed by atoms with Crippen LogP contribution in [0.2, 0.25) is 5.02 Å². The molecule has 0 aliphatic heterocycles. The van der Waals surface area contributed by atoms with E-state index in [1.807, 2.05) is 42.5 Å². The summed E-state index contributed by atoms with van der Waals surface area (Å²) in [6, 6.07) is 14.1. The van der Waals surface area contributed by atoms with Crippen LogP contribution in [0.4, 0.5) is 5.69 Å². The summed E-state index contributed by atoms with van der Waals surface area (Å²) in [7, 11) is 0. The van der Waals surface area contributed by atoms with Crippen molar-refractivity contribution in [3.05, 3.63) is 53.2 Å². The summed E-state index contributed by atoms with van der Waals surface area (Å²) in [5.41, 5.74) is 9.22. The molecule has 132 valence electrons. The molecule has 5 nitrogen and oxygen atoms in total. The number of primary amides is 1. The average Bonchev–Trinajstić information content (AvgIpc) is 3.47. The standard InChI is InChI=1S/C20H19ClN4O/c1-2-25(13-8-9-13)19-15-10-7-12(14-5-3-4-6-16(14)21)11-17(15)23-24-18(19)20(22)26/h3-7,10-11,13H,2,8-9H2,1H3,(H2,22,26). The van der Waals surface area contributed by atoms with Crippen molar-refractivity contribution in [2.45, 2.75) is 25.8 Å². The number of halogens is 1. The number of benzene rings is 2. The van der Waals surface area contributed by atoms with Crippen molar-refractivity contribution in [3.8, 4) is 11.1 Å². The van der Waals surface area contributed by atoms with Crippen LogP contribution in [0.5, 0.6) is 0 Å². The lowest BCUT2D eigenvalue weighted by Gasteiger charge is -2.25. The summed E-state index contributed by atoms with van der Waals surface area (Å²) in [6.07, 6.45) is 2.24. The van der Waals surface area contributed by atoms with Crippen molar-refractivity contribution in [1.82, 2.24) is 10.2 Å². The molecule has 1 heterocycles. The second kappa shape index (κ2) is 6.57. The Balaban J connectivity index is 1.92. The molecule has 0 unspecified atom stereocenters. The maximum absolute atomic E-state index is 11.9. The zero-order valence-corrected chi connectivity index (χ0v) is 15.2. The molecule has 4 rings (SSSR count). The van der Waals surface area contributed by atoms with Gasteiger partial charge in [-0.05, 0) is 43.5 Å². The fraction of sp³-hybridized carbons (Fsp3) is 0.250. The number of fused-ring (bicyclic) bond motifs is 1. The van der Waals surface area contributed by atoms with E-state index in [0.717, 1.165) is 47.1 Å². The van der Waals surface area contributed by atoms with E-state index >= 15 is 0 Å². The first-order valence-corrected chi connectivity index (χ1v) is 9.09. The Morgan fingerprint density at radius 2 is 2.00 bits per heavy atom. The molecule has 1 aliphatic carbocycles. The summed E-state index contributed by atoms with van der Waals surface area (Å²) in [5.74, 6) is -0.552. The van der Waals surface area contributed by atoms with Gasteiger partial charge in [0.25, 0.3) is 5.91 Å². The number of amides is 1. The van der Waals surface area contributed by atoms with Gasteiger partial charge in [-0.1, -0.05) is 35.9 Å². The van der Waals surface area contributed by atoms with Gasteiger partial charge in [-0.2, -0.15) is 0 Å². The van der Waals surface area contributed by atoms with Crippen LogP contribution in [-0.4, -0.2) is 28.7 Å². The first kappa shape index (κ1) is 16.8. The van der Waals surface area contributed by atoms with Gasteiger partial charge in [0, 0.05) is 28.6 Å². The van der Waals surface area contributed by atoms with Crippen LogP contribution < -0.4 is 10.6 Å². The minimum absolute atomic E-state index is 0.233. The third kappa shape index (κ3) is 2.88. The van der Waals surface area contributed by atoms with Gasteiger partial charge in [0.15, 0.2) is 5.69 Å². The molecule has 1 aromatic heterocycles. The van der Waals surface area contributed by atoms with E-state index in [1.165, 1.54) is 0 Å². The number of hydrogen-bond acceptors (Lipinski definition) is 4. The molecule has 2 aromatic carbocycles. The lowest BCUT2D eigenvalue weighted by atomic mass is 10.0. The fourth-order valence-corrected chi connectivity index (χ4v) is 3.64. The van der Waals surface area contributed by atoms with Crippen molar-refractivity contribution in [3.63, 3.8) is 0 Å². The average molecular weight is 367 g/mol. The number of hydrogen-bond donors (Lipinski definition) is 1.